The van der Waals surface area contributed by atoms with Gasteiger partial charge in [-0.25, -0.2) is 0 Å². The van der Waals surface area contributed by atoms with E-state index in [0.29, 0.717) is 32.6 Å². The van der Waals surface area contributed by atoms with Gasteiger partial charge in [-0.05, 0) is 25.0 Å². The minimum Gasteiger partial charge on any atom is -0.385 e. The molecule has 0 bridgehead atoms. The van der Waals surface area contributed by atoms with Crippen LogP contribution in [0.3, 0.4) is 0 Å². The Hall–Kier alpha value is -2.66. The fourth-order valence-corrected chi connectivity index (χ4v) is 2.50. The molecule has 0 spiro atoms. The van der Waals surface area contributed by atoms with Crippen molar-refractivity contribution < 1.29 is 14.5 Å². The summed E-state index contributed by atoms with van der Waals surface area (Å²) in [6, 6.07) is 7.74. The van der Waals surface area contributed by atoms with Gasteiger partial charge in [0.05, 0.1) is 17.6 Å². The number of carbonyl (C=O) groups is 1. The molecular weight excluding hydrogens is 312 g/mol. The quantitative estimate of drug-likeness (QED) is 0.426. The predicted octanol–water partition coefficient (Wildman–Crippen LogP) is 1.83. The second-order valence-corrected chi connectivity index (χ2v) is 5.63. The number of nitro groups is 1. The molecule has 1 aromatic rings. The summed E-state index contributed by atoms with van der Waals surface area (Å²) in [6.07, 6.45) is 1.70. The summed E-state index contributed by atoms with van der Waals surface area (Å²) in [5.74, 6) is -0.0869. The van der Waals surface area contributed by atoms with Gasteiger partial charge in [0.2, 0.25) is 5.91 Å². The van der Waals surface area contributed by atoms with Gasteiger partial charge in [0, 0.05) is 43.3 Å². The zero-order valence-electron chi connectivity index (χ0n) is 13.2. The van der Waals surface area contributed by atoms with Gasteiger partial charge < -0.3 is 15.4 Å². The largest absolute Gasteiger partial charge is 0.385 e. The van der Waals surface area contributed by atoms with E-state index in [9.17, 15) is 14.9 Å². The Balaban J connectivity index is 1.67. The van der Waals surface area contributed by atoms with Crippen LogP contribution in [-0.2, 0) is 9.53 Å². The van der Waals surface area contributed by atoms with Crippen molar-refractivity contribution in [1.29, 1.82) is 5.26 Å². The molecule has 24 heavy (non-hydrogen) atoms. The summed E-state index contributed by atoms with van der Waals surface area (Å²) < 4.78 is 5.24. The average Bonchev–Trinajstić information content (AvgIpc) is 3.11. The molecule has 8 heteroatoms. The predicted molar refractivity (Wildman–Crippen MR) is 87.3 cm³/mol. The summed E-state index contributed by atoms with van der Waals surface area (Å²) in [4.78, 5) is 22.0. The van der Waals surface area contributed by atoms with Crippen molar-refractivity contribution in [1.82, 2.24) is 5.32 Å². The number of rotatable bonds is 8. The lowest BCUT2D eigenvalue weighted by Crippen LogP contribution is -2.39. The van der Waals surface area contributed by atoms with Crippen molar-refractivity contribution in [2.75, 3.05) is 25.1 Å². The molecule has 1 amide bonds. The Bertz CT molecular complexity index is 605. The number of anilines is 1. The van der Waals surface area contributed by atoms with Gasteiger partial charge in [-0.1, -0.05) is 0 Å². The van der Waals surface area contributed by atoms with Gasteiger partial charge >= 0.3 is 0 Å². The molecule has 1 heterocycles. The molecule has 1 aromatic carbocycles. The Kier molecular flexibility index (Phi) is 6.51. The number of nitrogens with zero attached hydrogens (tertiary/aromatic N) is 2. The molecular formula is C16H20N4O4. The zero-order chi connectivity index (χ0) is 17.4. The van der Waals surface area contributed by atoms with Crippen LogP contribution >= 0.6 is 0 Å². The number of benzene rings is 1. The molecule has 128 valence electrons. The summed E-state index contributed by atoms with van der Waals surface area (Å²) in [5, 5.41) is 25.5. The van der Waals surface area contributed by atoms with Crippen LogP contribution in [-0.4, -0.2) is 36.6 Å². The second-order valence-electron chi connectivity index (χ2n) is 5.63. The lowest BCUT2D eigenvalue weighted by atomic mass is 10.00. The molecule has 2 unspecified atom stereocenters. The van der Waals surface area contributed by atoms with Crippen molar-refractivity contribution in [3.63, 3.8) is 0 Å². The van der Waals surface area contributed by atoms with E-state index >= 15 is 0 Å². The maximum Gasteiger partial charge on any atom is 0.269 e. The van der Waals surface area contributed by atoms with Crippen molar-refractivity contribution >= 4 is 17.3 Å². The fraction of sp³-hybridized carbons (Fsp3) is 0.500. The van der Waals surface area contributed by atoms with Crippen molar-refractivity contribution in [2.24, 2.45) is 5.92 Å². The van der Waals surface area contributed by atoms with Crippen LogP contribution in [0, 0.1) is 27.4 Å². The van der Waals surface area contributed by atoms with Gasteiger partial charge in [-0.3, -0.25) is 14.9 Å². The van der Waals surface area contributed by atoms with Crippen LogP contribution in [0.1, 0.15) is 19.3 Å². The Morgan fingerprint density at radius 3 is 2.79 bits per heavy atom. The lowest BCUT2D eigenvalue weighted by Gasteiger charge is -2.16. The number of amides is 1. The van der Waals surface area contributed by atoms with Crippen LogP contribution in [0.4, 0.5) is 11.4 Å². The van der Waals surface area contributed by atoms with E-state index in [1.165, 1.54) is 12.1 Å². The normalized spacial score (nSPS) is 17.7. The molecule has 2 N–H and O–H groups in total. The third-order valence-electron chi connectivity index (χ3n) is 3.88. The lowest BCUT2D eigenvalue weighted by molar-refractivity contribution is -0.384. The summed E-state index contributed by atoms with van der Waals surface area (Å²) in [7, 11) is 0. The molecule has 1 aliphatic heterocycles. The minimum atomic E-state index is -0.498. The molecule has 1 saturated heterocycles. The van der Waals surface area contributed by atoms with Crippen molar-refractivity contribution in [3.05, 3.63) is 34.4 Å². The second kappa shape index (κ2) is 8.84. The van der Waals surface area contributed by atoms with E-state index in [1.54, 1.807) is 12.1 Å². The minimum absolute atomic E-state index is 0.0402. The number of non-ortho nitro benzene ring substituents is 1. The molecule has 0 radical (unpaired) electrons. The van der Waals surface area contributed by atoms with Crippen LogP contribution in [0.15, 0.2) is 24.3 Å². The molecule has 1 aliphatic rings. The van der Waals surface area contributed by atoms with E-state index in [1.807, 2.05) is 0 Å². The smallest absolute Gasteiger partial charge is 0.269 e. The first-order valence-electron chi connectivity index (χ1n) is 7.85. The Morgan fingerprint density at radius 2 is 2.21 bits per heavy atom. The number of nitriles is 1. The van der Waals surface area contributed by atoms with E-state index in [0.717, 1.165) is 12.1 Å². The summed E-state index contributed by atoms with van der Waals surface area (Å²) in [6.45, 7) is 1.72. The topological polar surface area (TPSA) is 117 Å². The van der Waals surface area contributed by atoms with Crippen LogP contribution < -0.4 is 10.6 Å². The number of hydrogen-bond acceptors (Lipinski definition) is 6. The van der Waals surface area contributed by atoms with Crippen LogP contribution in [0.5, 0.6) is 0 Å². The highest BCUT2D eigenvalue weighted by Crippen LogP contribution is 2.17. The monoisotopic (exact) mass is 332 g/mol. The Morgan fingerprint density at radius 1 is 1.46 bits per heavy atom. The van der Waals surface area contributed by atoms with Crippen molar-refractivity contribution in [3.8, 4) is 6.07 Å². The SMILES string of the molecule is N#CC(NC(=O)CCCNc1ccc([N+](=O)[O-])cc1)C1CCOC1. The summed E-state index contributed by atoms with van der Waals surface area (Å²) in [5.41, 5.74) is 0.803. The van der Waals surface area contributed by atoms with E-state index in [4.69, 9.17) is 10.00 Å². The van der Waals surface area contributed by atoms with Gasteiger partial charge in [0.15, 0.2) is 0 Å². The molecule has 0 aromatic heterocycles. The van der Waals surface area contributed by atoms with E-state index in [-0.39, 0.29) is 17.5 Å². The molecule has 0 aliphatic carbocycles. The number of nitro benzene ring substituents is 1. The Labute approximate surface area is 139 Å². The van der Waals surface area contributed by atoms with Crippen LogP contribution in [0.2, 0.25) is 0 Å². The van der Waals surface area contributed by atoms with Crippen LogP contribution in [0.25, 0.3) is 0 Å². The van der Waals surface area contributed by atoms with Gasteiger partial charge in [-0.2, -0.15) is 5.26 Å². The highest BCUT2D eigenvalue weighted by atomic mass is 16.6. The fourth-order valence-electron chi connectivity index (χ4n) is 2.50. The first-order chi connectivity index (χ1) is 11.6. The van der Waals surface area contributed by atoms with Gasteiger partial charge in [-0.15, -0.1) is 0 Å². The van der Waals surface area contributed by atoms with E-state index < -0.39 is 11.0 Å². The maximum absolute atomic E-state index is 11.9. The van der Waals surface area contributed by atoms with Crippen molar-refractivity contribution in [2.45, 2.75) is 25.3 Å². The average molecular weight is 332 g/mol. The molecule has 2 atom stereocenters. The number of hydrogen-bond donors (Lipinski definition) is 2. The first-order valence-corrected chi connectivity index (χ1v) is 7.85. The molecule has 2 rings (SSSR count). The standard InChI is InChI=1S/C16H20N4O4/c17-10-15(12-7-9-24-11-12)19-16(21)2-1-8-18-13-3-5-14(6-4-13)20(22)23/h3-6,12,15,18H,1-2,7-9,11H2,(H,19,21). The molecule has 0 saturated carbocycles. The highest BCUT2D eigenvalue weighted by Gasteiger charge is 2.26. The summed E-state index contributed by atoms with van der Waals surface area (Å²) >= 11 is 0. The first kappa shape index (κ1) is 17.7. The van der Waals surface area contributed by atoms with Gasteiger partial charge in [0.25, 0.3) is 5.69 Å². The number of ether oxygens (including phenoxy) is 1. The molecule has 8 nitrogen and oxygen atoms in total. The van der Waals surface area contributed by atoms with E-state index in [2.05, 4.69) is 16.7 Å². The highest BCUT2D eigenvalue weighted by molar-refractivity contribution is 5.76. The number of carbonyl (C=O) groups excluding carboxylic acids is 1. The molecule has 1 fully saturated rings. The third kappa shape index (κ3) is 5.21. The zero-order valence-corrected chi connectivity index (χ0v) is 13.2. The number of nitrogens with one attached hydrogen (secondary N) is 2. The third-order valence-corrected chi connectivity index (χ3v) is 3.88. The van der Waals surface area contributed by atoms with Gasteiger partial charge in [0.1, 0.15) is 6.04 Å². The maximum atomic E-state index is 11.9.